The molecule has 1 saturated carbocycles. The molecule has 2 heterocycles. The Bertz CT molecular complexity index is 1080. The summed E-state index contributed by atoms with van der Waals surface area (Å²) in [5, 5.41) is 3.08. The lowest BCUT2D eigenvalue weighted by atomic mass is 9.99. The summed E-state index contributed by atoms with van der Waals surface area (Å²) in [6.45, 7) is 4.23. The van der Waals surface area contributed by atoms with Crippen LogP contribution in [0, 0.1) is 0 Å². The third kappa shape index (κ3) is 4.72. The van der Waals surface area contributed by atoms with Gasteiger partial charge in [0.2, 0.25) is 0 Å². The van der Waals surface area contributed by atoms with Gasteiger partial charge in [-0.1, -0.05) is 42.5 Å². The standard InChI is InChI=1S/C26H30N4O/c31-26(28-22-11-12-22)23-9-6-10-24-25(23)27-19-30(24)16-5-4-15-29-17-13-21(14-18-29)20-7-2-1-3-8-20/h1-3,6-10,13,19,22H,4-5,11-12,14-18H2,(H,28,31). The number of carbonyl (C=O) groups excluding carboxylic acids is 1. The van der Waals surface area contributed by atoms with Gasteiger partial charge in [0.15, 0.2) is 0 Å². The highest BCUT2D eigenvalue weighted by molar-refractivity contribution is 6.05. The normalized spacial score (nSPS) is 17.0. The van der Waals surface area contributed by atoms with Crippen LogP contribution in [-0.4, -0.2) is 46.0 Å². The van der Waals surface area contributed by atoms with Crippen molar-refractivity contribution >= 4 is 22.5 Å². The first kappa shape index (κ1) is 20.0. The lowest BCUT2D eigenvalue weighted by molar-refractivity contribution is 0.0952. The third-order valence-electron chi connectivity index (χ3n) is 6.37. The van der Waals surface area contributed by atoms with Gasteiger partial charge in [-0.05, 0) is 61.9 Å². The fraction of sp³-hybridized carbons (Fsp3) is 0.385. The summed E-state index contributed by atoms with van der Waals surface area (Å²) in [5.41, 5.74) is 5.40. The van der Waals surface area contributed by atoms with Gasteiger partial charge in [-0.25, -0.2) is 4.98 Å². The fourth-order valence-electron chi connectivity index (χ4n) is 4.39. The van der Waals surface area contributed by atoms with E-state index in [0.717, 1.165) is 69.3 Å². The SMILES string of the molecule is O=C(NC1CC1)c1cccc2c1ncn2CCCCN1CC=C(c2ccccc2)CC1. The number of carbonyl (C=O) groups is 1. The third-order valence-corrected chi connectivity index (χ3v) is 6.37. The molecule has 2 aromatic carbocycles. The highest BCUT2D eigenvalue weighted by Gasteiger charge is 2.25. The summed E-state index contributed by atoms with van der Waals surface area (Å²) in [6.07, 6.45) is 9.85. The minimum Gasteiger partial charge on any atom is -0.349 e. The van der Waals surface area contributed by atoms with Gasteiger partial charge >= 0.3 is 0 Å². The number of unbranched alkanes of at least 4 members (excludes halogenated alkanes) is 1. The summed E-state index contributed by atoms with van der Waals surface area (Å²) in [6, 6.07) is 17.0. The Morgan fingerprint density at radius 2 is 1.87 bits per heavy atom. The first-order valence-corrected chi connectivity index (χ1v) is 11.5. The first-order valence-electron chi connectivity index (χ1n) is 11.5. The molecule has 1 aromatic heterocycles. The number of nitrogens with one attached hydrogen (secondary N) is 1. The Hall–Kier alpha value is -2.92. The average molecular weight is 415 g/mol. The molecule has 160 valence electrons. The van der Waals surface area contributed by atoms with Crippen LogP contribution in [-0.2, 0) is 6.54 Å². The van der Waals surface area contributed by atoms with E-state index < -0.39 is 0 Å². The van der Waals surface area contributed by atoms with Crippen LogP contribution in [0.2, 0.25) is 0 Å². The molecule has 0 radical (unpaired) electrons. The second-order valence-electron chi connectivity index (χ2n) is 8.71. The van der Waals surface area contributed by atoms with Crippen LogP contribution < -0.4 is 5.32 Å². The zero-order valence-corrected chi connectivity index (χ0v) is 18.0. The smallest absolute Gasteiger partial charge is 0.253 e. The lowest BCUT2D eigenvalue weighted by Gasteiger charge is -2.26. The Balaban J connectivity index is 1.13. The van der Waals surface area contributed by atoms with E-state index in [1.165, 1.54) is 11.1 Å². The van der Waals surface area contributed by atoms with Gasteiger partial charge in [0.25, 0.3) is 5.91 Å². The van der Waals surface area contributed by atoms with Crippen LogP contribution in [0.15, 0.2) is 60.9 Å². The van der Waals surface area contributed by atoms with Crippen molar-refractivity contribution in [3.63, 3.8) is 0 Å². The first-order chi connectivity index (χ1) is 15.3. The molecule has 0 unspecified atom stereocenters. The van der Waals surface area contributed by atoms with E-state index in [1.807, 2.05) is 18.5 Å². The van der Waals surface area contributed by atoms with E-state index in [4.69, 9.17) is 0 Å². The summed E-state index contributed by atoms with van der Waals surface area (Å²) in [5.74, 6) is 0.00590. The van der Waals surface area contributed by atoms with Crippen LogP contribution >= 0.6 is 0 Å². The zero-order chi connectivity index (χ0) is 21.0. The van der Waals surface area contributed by atoms with E-state index in [9.17, 15) is 4.79 Å². The second-order valence-corrected chi connectivity index (χ2v) is 8.71. The summed E-state index contributed by atoms with van der Waals surface area (Å²) < 4.78 is 2.19. The number of amides is 1. The maximum atomic E-state index is 12.5. The fourth-order valence-corrected chi connectivity index (χ4v) is 4.39. The second kappa shape index (κ2) is 9.06. The summed E-state index contributed by atoms with van der Waals surface area (Å²) in [4.78, 5) is 19.6. The number of benzene rings is 2. The number of hydrogen-bond donors (Lipinski definition) is 1. The van der Waals surface area contributed by atoms with Crippen molar-refractivity contribution in [1.29, 1.82) is 0 Å². The van der Waals surface area contributed by atoms with Gasteiger partial charge in [-0.15, -0.1) is 0 Å². The topological polar surface area (TPSA) is 50.2 Å². The summed E-state index contributed by atoms with van der Waals surface area (Å²) >= 11 is 0. The van der Waals surface area contributed by atoms with Gasteiger partial charge in [-0.2, -0.15) is 0 Å². The largest absolute Gasteiger partial charge is 0.349 e. The quantitative estimate of drug-likeness (QED) is 0.552. The molecular formula is C26H30N4O. The number of aryl methyl sites for hydroxylation is 1. The lowest BCUT2D eigenvalue weighted by Crippen LogP contribution is -2.29. The van der Waals surface area contributed by atoms with Crippen LogP contribution in [0.3, 0.4) is 0 Å². The molecule has 5 heteroatoms. The Labute approximate surface area is 183 Å². The number of fused-ring (bicyclic) bond motifs is 1. The van der Waals surface area contributed by atoms with Crippen molar-refractivity contribution in [2.45, 2.75) is 44.7 Å². The minimum atomic E-state index is 0.00590. The van der Waals surface area contributed by atoms with E-state index >= 15 is 0 Å². The highest BCUT2D eigenvalue weighted by atomic mass is 16.1. The van der Waals surface area contributed by atoms with E-state index in [0.29, 0.717) is 11.6 Å². The van der Waals surface area contributed by atoms with Gasteiger partial charge in [0.1, 0.15) is 5.52 Å². The van der Waals surface area contributed by atoms with Crippen molar-refractivity contribution in [2.24, 2.45) is 0 Å². The maximum absolute atomic E-state index is 12.5. The predicted molar refractivity (Wildman–Crippen MR) is 125 cm³/mol. The van der Waals surface area contributed by atoms with Crippen molar-refractivity contribution < 1.29 is 4.79 Å². The number of para-hydroxylation sites is 1. The molecule has 1 N–H and O–H groups in total. The van der Waals surface area contributed by atoms with Gasteiger partial charge < -0.3 is 9.88 Å². The molecule has 3 aromatic rings. The zero-order valence-electron chi connectivity index (χ0n) is 18.0. The van der Waals surface area contributed by atoms with E-state index in [1.54, 1.807) is 0 Å². The van der Waals surface area contributed by atoms with Gasteiger partial charge in [-0.3, -0.25) is 9.69 Å². The number of imidazole rings is 1. The van der Waals surface area contributed by atoms with E-state index in [-0.39, 0.29) is 5.91 Å². The van der Waals surface area contributed by atoms with Crippen molar-refractivity contribution in [2.75, 3.05) is 19.6 Å². The molecule has 31 heavy (non-hydrogen) atoms. The number of aromatic nitrogens is 2. The molecule has 0 bridgehead atoms. The summed E-state index contributed by atoms with van der Waals surface area (Å²) in [7, 11) is 0. The predicted octanol–water partition coefficient (Wildman–Crippen LogP) is 4.50. The van der Waals surface area contributed by atoms with Crippen molar-refractivity contribution in [3.8, 4) is 0 Å². The molecule has 1 aliphatic heterocycles. The molecule has 1 fully saturated rings. The molecule has 0 spiro atoms. The molecule has 1 aliphatic carbocycles. The van der Waals surface area contributed by atoms with Crippen molar-refractivity contribution in [1.82, 2.24) is 19.8 Å². The van der Waals surface area contributed by atoms with Crippen LogP contribution in [0.5, 0.6) is 0 Å². The average Bonchev–Trinajstić information content (AvgIpc) is 3.54. The van der Waals surface area contributed by atoms with Crippen LogP contribution in [0.1, 0.15) is 48.0 Å². The van der Waals surface area contributed by atoms with Crippen LogP contribution in [0.4, 0.5) is 0 Å². The van der Waals surface area contributed by atoms with E-state index in [2.05, 4.69) is 62.2 Å². The number of rotatable bonds is 8. The maximum Gasteiger partial charge on any atom is 0.253 e. The Morgan fingerprint density at radius 3 is 2.65 bits per heavy atom. The van der Waals surface area contributed by atoms with Gasteiger partial charge in [0, 0.05) is 25.7 Å². The highest BCUT2D eigenvalue weighted by Crippen LogP contribution is 2.23. The molecule has 0 saturated heterocycles. The van der Waals surface area contributed by atoms with Crippen molar-refractivity contribution in [3.05, 3.63) is 72.1 Å². The Morgan fingerprint density at radius 1 is 1.03 bits per heavy atom. The molecule has 2 aliphatic rings. The van der Waals surface area contributed by atoms with Gasteiger partial charge in [0.05, 0.1) is 17.4 Å². The molecule has 5 nitrogen and oxygen atoms in total. The van der Waals surface area contributed by atoms with Crippen LogP contribution in [0.25, 0.3) is 16.6 Å². The number of nitrogens with zero attached hydrogens (tertiary/aromatic N) is 3. The monoisotopic (exact) mass is 414 g/mol. The number of hydrogen-bond acceptors (Lipinski definition) is 3. The Kier molecular flexibility index (Phi) is 5.85. The molecular weight excluding hydrogens is 384 g/mol. The molecule has 5 rings (SSSR count). The molecule has 0 atom stereocenters. The molecule has 1 amide bonds. The minimum absolute atomic E-state index is 0.00590.